The van der Waals surface area contributed by atoms with Crippen LogP contribution in [0.15, 0.2) is 65.6 Å². The quantitative estimate of drug-likeness (QED) is 0.694. The first-order valence-electron chi connectivity index (χ1n) is 9.96. The van der Waals surface area contributed by atoms with Crippen LogP contribution < -0.4 is 10.7 Å². The molecule has 2 amide bonds. The van der Waals surface area contributed by atoms with Crippen molar-refractivity contribution in [3.63, 3.8) is 0 Å². The van der Waals surface area contributed by atoms with Gasteiger partial charge < -0.3 is 20.1 Å². The van der Waals surface area contributed by atoms with Crippen molar-refractivity contribution in [3.8, 4) is 0 Å². The number of para-hydroxylation sites is 1. The standard InChI is InChI=1S/C23H24N4O3/c1-26-11-12-27(20(15-26)16-7-3-2-4-8-16)21(28)14-25-23(30)18-13-24-19-10-6-5-9-17(19)22(18)29/h2-10,13,20H,11-12,14-15H2,1H3,(H,24,29)(H,25,30)/t20-/m0/s1. The summed E-state index contributed by atoms with van der Waals surface area (Å²) in [4.78, 5) is 45.1. The fourth-order valence-corrected chi connectivity index (χ4v) is 3.87. The topological polar surface area (TPSA) is 85.5 Å². The van der Waals surface area contributed by atoms with Gasteiger partial charge >= 0.3 is 0 Å². The van der Waals surface area contributed by atoms with E-state index in [2.05, 4.69) is 15.2 Å². The second-order valence-corrected chi connectivity index (χ2v) is 7.54. The SMILES string of the molecule is CN1CCN(C(=O)CNC(=O)c2c[nH]c3ccccc3c2=O)[C@H](c2ccccc2)C1. The number of amides is 2. The fraction of sp³-hybridized carbons (Fsp3) is 0.261. The van der Waals surface area contributed by atoms with Crippen LogP contribution >= 0.6 is 0 Å². The molecule has 7 heteroatoms. The predicted molar refractivity (Wildman–Crippen MR) is 115 cm³/mol. The molecule has 0 radical (unpaired) electrons. The van der Waals surface area contributed by atoms with Crippen molar-refractivity contribution in [1.82, 2.24) is 20.1 Å². The molecular weight excluding hydrogens is 380 g/mol. The largest absolute Gasteiger partial charge is 0.360 e. The van der Waals surface area contributed by atoms with Gasteiger partial charge in [-0.3, -0.25) is 14.4 Å². The zero-order valence-corrected chi connectivity index (χ0v) is 16.8. The van der Waals surface area contributed by atoms with Gasteiger partial charge in [-0.15, -0.1) is 0 Å². The summed E-state index contributed by atoms with van der Waals surface area (Å²) in [7, 11) is 2.03. The molecule has 0 aliphatic carbocycles. The van der Waals surface area contributed by atoms with Crippen LogP contribution in [0.5, 0.6) is 0 Å². The maximum Gasteiger partial charge on any atom is 0.257 e. The molecule has 3 aromatic rings. The van der Waals surface area contributed by atoms with Crippen LogP contribution in [0.1, 0.15) is 22.0 Å². The van der Waals surface area contributed by atoms with E-state index in [-0.39, 0.29) is 29.5 Å². The van der Waals surface area contributed by atoms with Crippen LogP contribution in [0.4, 0.5) is 0 Å². The lowest BCUT2D eigenvalue weighted by Gasteiger charge is -2.40. The number of hydrogen-bond acceptors (Lipinski definition) is 4. The third-order valence-corrected chi connectivity index (χ3v) is 5.52. The maximum atomic E-state index is 12.9. The highest BCUT2D eigenvalue weighted by Gasteiger charge is 2.30. The van der Waals surface area contributed by atoms with Crippen molar-refractivity contribution < 1.29 is 9.59 Å². The summed E-state index contributed by atoms with van der Waals surface area (Å²) in [5.41, 5.74) is 1.38. The number of aromatic amines is 1. The van der Waals surface area contributed by atoms with E-state index in [1.165, 1.54) is 6.20 Å². The highest BCUT2D eigenvalue weighted by atomic mass is 16.2. The molecule has 7 nitrogen and oxygen atoms in total. The summed E-state index contributed by atoms with van der Waals surface area (Å²) in [6.45, 7) is 1.93. The van der Waals surface area contributed by atoms with Gasteiger partial charge in [-0.1, -0.05) is 42.5 Å². The number of benzene rings is 2. The Kier molecular flexibility index (Phi) is 5.63. The molecule has 4 rings (SSSR count). The van der Waals surface area contributed by atoms with Crippen molar-refractivity contribution in [2.45, 2.75) is 6.04 Å². The highest BCUT2D eigenvalue weighted by molar-refractivity contribution is 5.98. The van der Waals surface area contributed by atoms with Crippen molar-refractivity contribution in [3.05, 3.63) is 82.1 Å². The van der Waals surface area contributed by atoms with Gasteiger partial charge in [0.05, 0.1) is 12.6 Å². The minimum absolute atomic E-state index is 0.000475. The predicted octanol–water partition coefficient (Wildman–Crippen LogP) is 1.77. The van der Waals surface area contributed by atoms with E-state index < -0.39 is 5.91 Å². The Bertz CT molecular complexity index is 1130. The lowest BCUT2D eigenvalue weighted by molar-refractivity contribution is -0.135. The molecule has 1 aliphatic rings. The molecule has 2 heterocycles. The number of nitrogens with zero attached hydrogens (tertiary/aromatic N) is 2. The molecule has 0 saturated carbocycles. The lowest BCUT2D eigenvalue weighted by Crippen LogP contribution is -2.52. The summed E-state index contributed by atoms with van der Waals surface area (Å²) in [5.74, 6) is -0.719. The van der Waals surface area contributed by atoms with Gasteiger partial charge in [0.25, 0.3) is 5.91 Å². The first kappa shape index (κ1) is 19.8. The first-order chi connectivity index (χ1) is 14.5. The van der Waals surface area contributed by atoms with E-state index in [0.29, 0.717) is 17.4 Å². The molecular formula is C23H24N4O3. The van der Waals surface area contributed by atoms with Crippen LogP contribution in [0.3, 0.4) is 0 Å². The van der Waals surface area contributed by atoms with Gasteiger partial charge in [0.15, 0.2) is 0 Å². The number of rotatable bonds is 4. The summed E-state index contributed by atoms with van der Waals surface area (Å²) in [5, 5.41) is 3.07. The van der Waals surface area contributed by atoms with E-state index >= 15 is 0 Å². The molecule has 0 unspecified atom stereocenters. The van der Waals surface area contributed by atoms with Crippen LogP contribution in [-0.2, 0) is 4.79 Å². The van der Waals surface area contributed by atoms with Crippen molar-refractivity contribution >= 4 is 22.7 Å². The Morgan fingerprint density at radius 2 is 1.80 bits per heavy atom. The van der Waals surface area contributed by atoms with E-state index in [1.54, 1.807) is 23.1 Å². The zero-order chi connectivity index (χ0) is 21.1. The van der Waals surface area contributed by atoms with E-state index in [9.17, 15) is 14.4 Å². The average molecular weight is 404 g/mol. The average Bonchev–Trinajstić information content (AvgIpc) is 2.78. The molecule has 1 aliphatic heterocycles. The third kappa shape index (κ3) is 3.97. The van der Waals surface area contributed by atoms with Gasteiger partial charge in [-0.2, -0.15) is 0 Å². The maximum absolute atomic E-state index is 12.9. The zero-order valence-electron chi connectivity index (χ0n) is 16.8. The van der Waals surface area contributed by atoms with Gasteiger partial charge in [0.2, 0.25) is 11.3 Å². The molecule has 154 valence electrons. The number of carbonyl (C=O) groups excluding carboxylic acids is 2. The number of H-pyrrole nitrogens is 1. The monoisotopic (exact) mass is 404 g/mol. The molecule has 1 fully saturated rings. The lowest BCUT2D eigenvalue weighted by atomic mass is 10.0. The van der Waals surface area contributed by atoms with Gasteiger partial charge in [-0.05, 0) is 24.7 Å². The van der Waals surface area contributed by atoms with Crippen molar-refractivity contribution in [1.29, 1.82) is 0 Å². The Balaban J connectivity index is 1.48. The molecule has 1 saturated heterocycles. The number of aromatic nitrogens is 1. The number of likely N-dealkylation sites (N-methyl/N-ethyl adjacent to an activating group) is 1. The first-order valence-corrected chi connectivity index (χ1v) is 9.96. The van der Waals surface area contributed by atoms with Crippen LogP contribution in [0.25, 0.3) is 10.9 Å². The summed E-state index contributed by atoms with van der Waals surface area (Å²) < 4.78 is 0. The molecule has 2 N–H and O–H groups in total. The smallest absolute Gasteiger partial charge is 0.257 e. The second-order valence-electron chi connectivity index (χ2n) is 7.54. The Morgan fingerprint density at radius 1 is 1.07 bits per heavy atom. The van der Waals surface area contributed by atoms with Crippen molar-refractivity contribution in [2.75, 3.05) is 33.2 Å². The Labute approximate surface area is 174 Å². The van der Waals surface area contributed by atoms with Gasteiger partial charge in [0, 0.05) is 36.7 Å². The van der Waals surface area contributed by atoms with Crippen molar-refractivity contribution in [2.24, 2.45) is 0 Å². The Hall–Kier alpha value is -3.45. The van der Waals surface area contributed by atoms with E-state index in [1.807, 2.05) is 43.4 Å². The van der Waals surface area contributed by atoms with E-state index in [4.69, 9.17) is 0 Å². The molecule has 2 aromatic carbocycles. The molecule has 30 heavy (non-hydrogen) atoms. The molecule has 1 atom stereocenters. The van der Waals surface area contributed by atoms with Gasteiger partial charge in [0.1, 0.15) is 5.56 Å². The second kappa shape index (κ2) is 8.51. The molecule has 1 aromatic heterocycles. The summed E-state index contributed by atoms with van der Waals surface area (Å²) in [6.07, 6.45) is 1.40. The minimum Gasteiger partial charge on any atom is -0.360 e. The number of fused-ring (bicyclic) bond motifs is 1. The number of piperazine rings is 1. The Morgan fingerprint density at radius 3 is 2.60 bits per heavy atom. The molecule has 0 spiro atoms. The van der Waals surface area contributed by atoms with Gasteiger partial charge in [-0.25, -0.2) is 0 Å². The number of pyridine rings is 1. The fourth-order valence-electron chi connectivity index (χ4n) is 3.87. The highest BCUT2D eigenvalue weighted by Crippen LogP contribution is 2.24. The number of hydrogen-bond donors (Lipinski definition) is 2. The minimum atomic E-state index is -0.555. The van der Waals surface area contributed by atoms with E-state index in [0.717, 1.165) is 18.7 Å². The van der Waals surface area contributed by atoms with Crippen LogP contribution in [0, 0.1) is 0 Å². The number of carbonyl (C=O) groups is 2. The van der Waals surface area contributed by atoms with Crippen LogP contribution in [0.2, 0.25) is 0 Å². The summed E-state index contributed by atoms with van der Waals surface area (Å²) >= 11 is 0. The normalized spacial score (nSPS) is 17.1. The number of nitrogens with one attached hydrogen (secondary N) is 2. The molecule has 0 bridgehead atoms. The third-order valence-electron chi connectivity index (χ3n) is 5.52. The van der Waals surface area contributed by atoms with Crippen LogP contribution in [-0.4, -0.2) is 59.8 Å². The summed E-state index contributed by atoms with van der Waals surface area (Å²) in [6, 6.07) is 16.8.